The van der Waals surface area contributed by atoms with Gasteiger partial charge < -0.3 is 14.8 Å². The zero-order chi connectivity index (χ0) is 15.2. The lowest BCUT2D eigenvalue weighted by molar-refractivity contribution is -0.141. The molecule has 0 bridgehead atoms. The van der Waals surface area contributed by atoms with Gasteiger partial charge in [-0.3, -0.25) is 0 Å². The quantitative estimate of drug-likeness (QED) is 0.828. The molecular formula is C16H19NO3S. The van der Waals surface area contributed by atoms with Crippen molar-refractivity contribution in [2.45, 2.75) is 19.4 Å². The van der Waals surface area contributed by atoms with Gasteiger partial charge in [-0.25, -0.2) is 4.79 Å². The molecule has 0 aliphatic rings. The number of aryl methyl sites for hydroxylation is 1. The van der Waals surface area contributed by atoms with Crippen LogP contribution < -0.4 is 10.1 Å². The summed E-state index contributed by atoms with van der Waals surface area (Å²) >= 11 is 1.62. The first-order valence-corrected chi connectivity index (χ1v) is 7.56. The maximum atomic E-state index is 12.1. The number of hydrogen-bond donors (Lipinski definition) is 1. The molecule has 0 spiro atoms. The van der Waals surface area contributed by atoms with Gasteiger partial charge in [-0.15, -0.1) is 11.3 Å². The molecule has 0 saturated carbocycles. The minimum atomic E-state index is -0.507. The largest absolute Gasteiger partial charge is 0.497 e. The molecule has 1 heterocycles. The molecule has 5 heteroatoms. The Bertz CT molecular complexity index is 609. The van der Waals surface area contributed by atoms with E-state index in [1.807, 2.05) is 36.4 Å². The van der Waals surface area contributed by atoms with Crippen LogP contribution in [0.3, 0.4) is 0 Å². The van der Waals surface area contributed by atoms with Crippen molar-refractivity contribution in [2.75, 3.05) is 19.5 Å². The van der Waals surface area contributed by atoms with E-state index in [0.29, 0.717) is 0 Å². The van der Waals surface area contributed by atoms with E-state index in [-0.39, 0.29) is 5.97 Å². The number of anilines is 1. The monoisotopic (exact) mass is 305 g/mol. The summed E-state index contributed by atoms with van der Waals surface area (Å²) in [7, 11) is 3.01. The zero-order valence-corrected chi connectivity index (χ0v) is 13.2. The molecule has 21 heavy (non-hydrogen) atoms. The molecule has 1 atom stereocenters. The van der Waals surface area contributed by atoms with Crippen LogP contribution in [0.1, 0.15) is 22.7 Å². The summed E-state index contributed by atoms with van der Waals surface area (Å²) in [6.45, 7) is 2.10. The second kappa shape index (κ2) is 7.13. The lowest BCUT2D eigenvalue weighted by atomic mass is 10.2. The molecule has 0 fully saturated rings. The lowest BCUT2D eigenvalue weighted by Crippen LogP contribution is -2.21. The Labute approximate surface area is 128 Å². The average Bonchev–Trinajstić information content (AvgIpc) is 3.00. The first kappa shape index (κ1) is 15.4. The molecule has 2 rings (SSSR count). The predicted molar refractivity (Wildman–Crippen MR) is 85.1 cm³/mol. The van der Waals surface area contributed by atoms with Crippen LogP contribution >= 0.6 is 11.3 Å². The summed E-state index contributed by atoms with van der Waals surface area (Å²) in [4.78, 5) is 14.2. The highest BCUT2D eigenvalue weighted by molar-refractivity contribution is 7.12. The number of esters is 1. The van der Waals surface area contributed by atoms with Gasteiger partial charge in [-0.1, -0.05) is 13.0 Å². The van der Waals surface area contributed by atoms with Crippen molar-refractivity contribution in [3.05, 3.63) is 46.2 Å². The number of carbonyl (C=O) groups excluding carboxylic acids is 1. The Morgan fingerprint density at radius 1 is 1.29 bits per heavy atom. The normalized spacial score (nSPS) is 11.8. The van der Waals surface area contributed by atoms with E-state index in [1.165, 1.54) is 12.0 Å². The van der Waals surface area contributed by atoms with Crippen LogP contribution in [-0.2, 0) is 16.0 Å². The van der Waals surface area contributed by atoms with Crippen LogP contribution in [-0.4, -0.2) is 20.2 Å². The van der Waals surface area contributed by atoms with Crippen molar-refractivity contribution in [3.63, 3.8) is 0 Å². The van der Waals surface area contributed by atoms with Gasteiger partial charge in [0, 0.05) is 21.5 Å². The van der Waals surface area contributed by atoms with Crippen LogP contribution in [0, 0.1) is 0 Å². The Hall–Kier alpha value is -2.01. The van der Waals surface area contributed by atoms with E-state index in [0.717, 1.165) is 22.7 Å². The minimum absolute atomic E-state index is 0.303. The number of nitrogens with one attached hydrogen (secondary N) is 1. The molecule has 1 aromatic carbocycles. The van der Waals surface area contributed by atoms with E-state index >= 15 is 0 Å². The number of benzene rings is 1. The van der Waals surface area contributed by atoms with E-state index < -0.39 is 6.04 Å². The molecule has 0 aliphatic heterocycles. The van der Waals surface area contributed by atoms with E-state index in [4.69, 9.17) is 9.47 Å². The second-order valence-corrected chi connectivity index (χ2v) is 5.69. The Morgan fingerprint density at radius 3 is 2.71 bits per heavy atom. The van der Waals surface area contributed by atoms with Crippen molar-refractivity contribution in [2.24, 2.45) is 0 Å². The van der Waals surface area contributed by atoms with Crippen LogP contribution in [0.25, 0.3) is 0 Å². The number of rotatable bonds is 6. The van der Waals surface area contributed by atoms with Crippen molar-refractivity contribution >= 4 is 23.0 Å². The van der Waals surface area contributed by atoms with E-state index in [1.54, 1.807) is 18.4 Å². The summed E-state index contributed by atoms with van der Waals surface area (Å²) in [5, 5.41) is 3.21. The highest BCUT2D eigenvalue weighted by Gasteiger charge is 2.23. The third-order valence-electron chi connectivity index (χ3n) is 3.13. The zero-order valence-electron chi connectivity index (χ0n) is 12.4. The smallest absolute Gasteiger partial charge is 0.333 e. The van der Waals surface area contributed by atoms with Crippen molar-refractivity contribution in [1.82, 2.24) is 0 Å². The van der Waals surface area contributed by atoms with Crippen LogP contribution in [0.5, 0.6) is 5.75 Å². The third kappa shape index (κ3) is 3.76. The maximum Gasteiger partial charge on any atom is 0.333 e. The Balaban J connectivity index is 2.25. The number of thiophene rings is 1. The maximum absolute atomic E-state index is 12.1. The van der Waals surface area contributed by atoms with Crippen LogP contribution in [0.2, 0.25) is 0 Å². The van der Waals surface area contributed by atoms with Crippen molar-refractivity contribution in [3.8, 4) is 5.75 Å². The standard InChI is InChI=1S/C16H19NO3S/c1-4-13-8-9-14(21-13)15(16(18)20-3)17-11-6-5-7-12(10-11)19-2/h5-10,15,17H,4H2,1-3H3. The van der Waals surface area contributed by atoms with E-state index in [9.17, 15) is 4.79 Å². The van der Waals surface area contributed by atoms with Gasteiger partial charge in [0.2, 0.25) is 0 Å². The summed E-state index contributed by atoms with van der Waals surface area (Å²) in [5.41, 5.74) is 0.816. The molecule has 0 radical (unpaired) electrons. The highest BCUT2D eigenvalue weighted by atomic mass is 32.1. The van der Waals surface area contributed by atoms with Crippen molar-refractivity contribution < 1.29 is 14.3 Å². The topological polar surface area (TPSA) is 47.6 Å². The van der Waals surface area contributed by atoms with Gasteiger partial charge >= 0.3 is 5.97 Å². The fourth-order valence-electron chi connectivity index (χ4n) is 1.98. The predicted octanol–water partition coefficient (Wildman–Crippen LogP) is 3.65. The Morgan fingerprint density at radius 2 is 2.10 bits per heavy atom. The average molecular weight is 305 g/mol. The highest BCUT2D eigenvalue weighted by Crippen LogP contribution is 2.29. The van der Waals surface area contributed by atoms with Gasteiger partial charge in [0.1, 0.15) is 5.75 Å². The summed E-state index contributed by atoms with van der Waals surface area (Å²) < 4.78 is 10.1. The fourth-order valence-corrected chi connectivity index (χ4v) is 2.98. The molecule has 0 amide bonds. The molecule has 1 aromatic heterocycles. The van der Waals surface area contributed by atoms with Crippen LogP contribution in [0.15, 0.2) is 36.4 Å². The van der Waals surface area contributed by atoms with Gasteiger partial charge in [0.15, 0.2) is 6.04 Å². The molecule has 0 saturated heterocycles. The molecule has 0 aliphatic carbocycles. The molecule has 112 valence electrons. The molecule has 1 N–H and O–H groups in total. The Kier molecular flexibility index (Phi) is 5.22. The number of methoxy groups -OCH3 is 2. The van der Waals surface area contributed by atoms with Gasteiger partial charge in [0.25, 0.3) is 0 Å². The fraction of sp³-hybridized carbons (Fsp3) is 0.312. The first-order chi connectivity index (χ1) is 10.2. The summed E-state index contributed by atoms with van der Waals surface area (Å²) in [5.74, 6) is 0.436. The van der Waals surface area contributed by atoms with Gasteiger partial charge in [-0.05, 0) is 30.7 Å². The number of ether oxygens (including phenoxy) is 2. The third-order valence-corrected chi connectivity index (χ3v) is 4.43. The van der Waals surface area contributed by atoms with Crippen molar-refractivity contribution in [1.29, 1.82) is 0 Å². The SMILES string of the molecule is CCc1ccc(C(Nc2cccc(OC)c2)C(=O)OC)s1. The molecule has 2 aromatic rings. The van der Waals surface area contributed by atoms with Gasteiger partial charge in [-0.2, -0.15) is 0 Å². The number of hydrogen-bond acceptors (Lipinski definition) is 5. The minimum Gasteiger partial charge on any atom is -0.497 e. The second-order valence-electron chi connectivity index (χ2n) is 4.49. The van der Waals surface area contributed by atoms with E-state index in [2.05, 4.69) is 12.2 Å². The van der Waals surface area contributed by atoms with Crippen LogP contribution in [0.4, 0.5) is 5.69 Å². The molecular weight excluding hydrogens is 286 g/mol. The first-order valence-electron chi connectivity index (χ1n) is 6.75. The summed E-state index contributed by atoms with van der Waals surface area (Å²) in [6, 6.07) is 11.0. The number of carbonyl (C=O) groups is 1. The lowest BCUT2D eigenvalue weighted by Gasteiger charge is -2.16. The molecule has 1 unspecified atom stereocenters. The van der Waals surface area contributed by atoms with Gasteiger partial charge in [0.05, 0.1) is 14.2 Å². The molecule has 4 nitrogen and oxygen atoms in total. The summed E-state index contributed by atoms with van der Waals surface area (Å²) in [6.07, 6.45) is 0.956.